The number of halogens is 1. The molecular formula is C31H42BrN3O3. The summed E-state index contributed by atoms with van der Waals surface area (Å²) in [5.41, 5.74) is 3.24. The first-order valence-corrected chi connectivity index (χ1v) is 14.1. The number of aromatic hydroxyl groups is 1. The molecule has 0 aliphatic carbocycles. The number of carbonyl (C=O) groups is 2. The smallest absolute Gasteiger partial charge is 0.251 e. The number of amidine groups is 1. The standard InChI is InChI=1S/C31H42BrN3O3/c1-9-10-21-17-35(28(34-32)26(21)19-11-13-20(14-12-19)29(38)33-8)18-25(36)22-15-23(30(2,3)4)27(37)24(16-22)31(5,6)7/h11-16,21,26,37H,9-10,17-18H2,1-8H3,(H,33,38)/t21-,26?/m0/s1. The van der Waals surface area contributed by atoms with Crippen molar-refractivity contribution in [3.63, 3.8) is 0 Å². The zero-order valence-corrected chi connectivity index (χ0v) is 25.6. The molecule has 1 saturated heterocycles. The van der Waals surface area contributed by atoms with Gasteiger partial charge in [0.05, 0.1) is 22.7 Å². The van der Waals surface area contributed by atoms with Crippen molar-refractivity contribution in [2.45, 2.75) is 78.1 Å². The number of carbonyl (C=O) groups excluding carboxylic acids is 2. The predicted octanol–water partition coefficient (Wildman–Crippen LogP) is 6.75. The number of ketones is 1. The van der Waals surface area contributed by atoms with Gasteiger partial charge in [-0.2, -0.15) is 4.02 Å². The minimum absolute atomic E-state index is 0.000475. The predicted molar refractivity (Wildman–Crippen MR) is 159 cm³/mol. The molecule has 1 aliphatic heterocycles. The maximum absolute atomic E-state index is 13.8. The summed E-state index contributed by atoms with van der Waals surface area (Å²) in [6, 6.07) is 11.4. The second-order valence-electron chi connectivity index (χ2n) is 12.4. The van der Waals surface area contributed by atoms with E-state index in [1.807, 2.05) is 77.9 Å². The lowest BCUT2D eigenvalue weighted by atomic mass is 9.78. The number of benzene rings is 2. The zero-order valence-electron chi connectivity index (χ0n) is 24.0. The molecule has 38 heavy (non-hydrogen) atoms. The van der Waals surface area contributed by atoms with Crippen LogP contribution >= 0.6 is 16.1 Å². The quantitative estimate of drug-likeness (QED) is 0.353. The Morgan fingerprint density at radius 2 is 1.58 bits per heavy atom. The summed E-state index contributed by atoms with van der Waals surface area (Å²) in [7, 11) is 1.62. The maximum atomic E-state index is 13.8. The number of nitrogens with one attached hydrogen (secondary N) is 1. The van der Waals surface area contributed by atoms with Crippen LogP contribution in [-0.4, -0.2) is 47.7 Å². The van der Waals surface area contributed by atoms with E-state index in [0.29, 0.717) is 17.0 Å². The van der Waals surface area contributed by atoms with Crippen LogP contribution in [0.25, 0.3) is 0 Å². The summed E-state index contributed by atoms with van der Waals surface area (Å²) >= 11 is 3.35. The summed E-state index contributed by atoms with van der Waals surface area (Å²) in [4.78, 5) is 27.9. The number of phenols is 1. The molecule has 206 valence electrons. The number of hydrogen-bond acceptors (Lipinski definition) is 4. The molecule has 6 nitrogen and oxygen atoms in total. The van der Waals surface area contributed by atoms with E-state index in [2.05, 4.69) is 37.3 Å². The molecule has 1 aliphatic rings. The molecule has 0 spiro atoms. The Morgan fingerprint density at radius 3 is 2.03 bits per heavy atom. The van der Waals surface area contributed by atoms with E-state index in [1.54, 1.807) is 7.05 Å². The third-order valence-electron chi connectivity index (χ3n) is 7.42. The van der Waals surface area contributed by atoms with Crippen molar-refractivity contribution in [2.75, 3.05) is 20.1 Å². The van der Waals surface area contributed by atoms with Crippen LogP contribution in [0.2, 0.25) is 0 Å². The normalized spacial score (nSPS) is 19.2. The molecule has 2 aromatic carbocycles. The second kappa shape index (κ2) is 11.6. The first-order chi connectivity index (χ1) is 17.7. The molecule has 1 unspecified atom stereocenters. The molecule has 0 radical (unpaired) electrons. The molecule has 0 aromatic heterocycles. The Hall–Kier alpha value is -2.67. The van der Waals surface area contributed by atoms with Crippen molar-refractivity contribution in [3.05, 3.63) is 64.2 Å². The number of amides is 1. The summed E-state index contributed by atoms with van der Waals surface area (Å²) < 4.78 is 4.49. The number of hydrogen-bond donors (Lipinski definition) is 2. The van der Waals surface area contributed by atoms with Gasteiger partial charge in [-0.15, -0.1) is 0 Å². The van der Waals surface area contributed by atoms with Crippen molar-refractivity contribution in [1.29, 1.82) is 0 Å². The van der Waals surface area contributed by atoms with Crippen molar-refractivity contribution < 1.29 is 14.7 Å². The van der Waals surface area contributed by atoms with E-state index >= 15 is 0 Å². The Morgan fingerprint density at radius 1 is 1.03 bits per heavy atom. The van der Waals surface area contributed by atoms with Gasteiger partial charge in [0.15, 0.2) is 5.78 Å². The average Bonchev–Trinajstić information content (AvgIpc) is 3.18. The monoisotopic (exact) mass is 583 g/mol. The molecule has 2 N–H and O–H groups in total. The average molecular weight is 585 g/mol. The summed E-state index contributed by atoms with van der Waals surface area (Å²) in [6.45, 7) is 15.4. The molecular weight excluding hydrogens is 542 g/mol. The number of rotatable bonds is 7. The van der Waals surface area contributed by atoms with Crippen LogP contribution in [-0.2, 0) is 10.8 Å². The van der Waals surface area contributed by atoms with Crippen molar-refractivity contribution in [2.24, 2.45) is 9.94 Å². The van der Waals surface area contributed by atoms with E-state index in [0.717, 1.165) is 41.9 Å². The van der Waals surface area contributed by atoms with Gasteiger partial charge in [0.2, 0.25) is 0 Å². The largest absolute Gasteiger partial charge is 0.507 e. The topological polar surface area (TPSA) is 82.0 Å². The molecule has 2 atom stereocenters. The highest BCUT2D eigenvalue weighted by molar-refractivity contribution is 9.08. The number of Topliss-reactive ketones (excluding diaryl/α,β-unsaturated/α-hetero) is 1. The van der Waals surface area contributed by atoms with Crippen molar-refractivity contribution in [3.8, 4) is 5.75 Å². The van der Waals surface area contributed by atoms with Crippen LogP contribution in [0.4, 0.5) is 0 Å². The zero-order chi connectivity index (χ0) is 28.4. The van der Waals surface area contributed by atoms with Crippen LogP contribution in [0.1, 0.15) is 105 Å². The maximum Gasteiger partial charge on any atom is 0.251 e. The fourth-order valence-electron chi connectivity index (χ4n) is 5.38. The van der Waals surface area contributed by atoms with Crippen molar-refractivity contribution in [1.82, 2.24) is 10.2 Å². The highest BCUT2D eigenvalue weighted by atomic mass is 79.9. The SMILES string of the molecule is CCC[C@H]1CN(CC(=O)c2cc(C(C)(C)C)c(O)c(C(C)(C)C)c2)C(=NBr)C1c1ccc(C(=O)NC)cc1. The van der Waals surface area contributed by atoms with Gasteiger partial charge in [-0.3, -0.25) is 9.59 Å². The fourth-order valence-corrected chi connectivity index (χ4v) is 5.83. The minimum atomic E-state index is -0.311. The lowest BCUT2D eigenvalue weighted by molar-refractivity contribution is 0.0955. The number of likely N-dealkylation sites (tertiary alicyclic amines) is 1. The van der Waals surface area contributed by atoms with E-state index in [9.17, 15) is 14.7 Å². The van der Waals surface area contributed by atoms with E-state index in [-0.39, 0.29) is 40.7 Å². The molecule has 2 aromatic rings. The van der Waals surface area contributed by atoms with E-state index < -0.39 is 0 Å². The van der Waals surface area contributed by atoms with Crippen LogP contribution in [0.5, 0.6) is 5.75 Å². The van der Waals surface area contributed by atoms with Crippen LogP contribution in [0.3, 0.4) is 0 Å². The Labute approximate surface area is 236 Å². The number of phenolic OH excluding ortho intramolecular Hbond substituents is 1. The Bertz CT molecular complexity index is 1170. The van der Waals surface area contributed by atoms with Gasteiger partial charge in [0.1, 0.15) is 11.6 Å². The molecule has 0 bridgehead atoms. The van der Waals surface area contributed by atoms with Gasteiger partial charge < -0.3 is 15.3 Å². The molecule has 1 fully saturated rings. The van der Waals surface area contributed by atoms with Gasteiger partial charge in [-0.1, -0.05) is 67.0 Å². The minimum Gasteiger partial charge on any atom is -0.507 e. The van der Waals surface area contributed by atoms with Gasteiger partial charge >= 0.3 is 0 Å². The first kappa shape index (κ1) is 29.9. The van der Waals surface area contributed by atoms with Crippen LogP contribution < -0.4 is 5.32 Å². The molecule has 7 heteroatoms. The van der Waals surface area contributed by atoms with E-state index in [4.69, 9.17) is 0 Å². The summed E-state index contributed by atoms with van der Waals surface area (Å²) in [5.74, 6) is 1.30. The third kappa shape index (κ3) is 6.31. The van der Waals surface area contributed by atoms with Crippen LogP contribution in [0.15, 0.2) is 40.4 Å². The fraction of sp³-hybridized carbons (Fsp3) is 0.516. The second-order valence-corrected chi connectivity index (χ2v) is 12.7. The van der Waals surface area contributed by atoms with Gasteiger partial charge in [-0.25, -0.2) is 0 Å². The summed E-state index contributed by atoms with van der Waals surface area (Å²) in [6.07, 6.45) is 2.02. The lowest BCUT2D eigenvalue weighted by Gasteiger charge is -2.28. The van der Waals surface area contributed by atoms with Gasteiger partial charge in [0.25, 0.3) is 5.91 Å². The first-order valence-electron chi connectivity index (χ1n) is 13.4. The third-order valence-corrected chi connectivity index (χ3v) is 7.78. The van der Waals surface area contributed by atoms with Crippen molar-refractivity contribution >= 4 is 33.7 Å². The highest BCUT2D eigenvalue weighted by Crippen LogP contribution is 2.41. The molecule has 0 saturated carbocycles. The lowest BCUT2D eigenvalue weighted by Crippen LogP contribution is -2.32. The molecule has 1 amide bonds. The number of nitrogens with zero attached hydrogens (tertiary/aromatic N) is 2. The Balaban J connectivity index is 1.96. The molecule has 1 heterocycles. The van der Waals surface area contributed by atoms with Gasteiger partial charge in [0, 0.05) is 41.8 Å². The summed E-state index contributed by atoms with van der Waals surface area (Å²) in [5, 5.41) is 13.7. The Kier molecular flexibility index (Phi) is 9.12. The highest BCUT2D eigenvalue weighted by Gasteiger charge is 2.40. The van der Waals surface area contributed by atoms with E-state index in [1.165, 1.54) is 0 Å². The van der Waals surface area contributed by atoms with Crippen LogP contribution in [0, 0.1) is 5.92 Å². The molecule has 3 rings (SSSR count). The van der Waals surface area contributed by atoms with Gasteiger partial charge in [-0.05, 0) is 53.0 Å².